The van der Waals surface area contributed by atoms with Gasteiger partial charge in [0, 0.05) is 23.6 Å². The van der Waals surface area contributed by atoms with Crippen LogP contribution in [0, 0.1) is 23.6 Å². The van der Waals surface area contributed by atoms with E-state index in [1.54, 1.807) is 12.1 Å². The van der Waals surface area contributed by atoms with Crippen LogP contribution in [0.15, 0.2) is 18.2 Å². The summed E-state index contributed by atoms with van der Waals surface area (Å²) in [4.78, 5) is 12.1. The van der Waals surface area contributed by atoms with Gasteiger partial charge in [0.15, 0.2) is 0 Å². The molecule has 1 aliphatic carbocycles. The molecule has 0 aliphatic heterocycles. The van der Waals surface area contributed by atoms with Gasteiger partial charge in [-0.25, -0.2) is 4.39 Å². The molecule has 0 radical (unpaired) electrons. The lowest BCUT2D eigenvalue weighted by molar-refractivity contribution is -0.126. The molecule has 4 heteroatoms. The van der Waals surface area contributed by atoms with Gasteiger partial charge in [-0.15, -0.1) is 0 Å². The molecular weight excluding hydrogens is 267 g/mol. The number of halogens is 1. The molecule has 1 aromatic carbocycles. The fraction of sp³-hybridized carbons (Fsp3) is 0.471. The average Bonchev–Trinajstić information content (AvgIpc) is 2.53. The molecule has 0 saturated heterocycles. The number of rotatable bonds is 3. The summed E-state index contributed by atoms with van der Waals surface area (Å²) in [5, 5.41) is 2.84. The standard InChI is InChI=1S/C17H21FN2O/c18-16-9-8-13(5-4-10-19)11-15(16)12-20-17(21)14-6-2-1-3-7-14/h8-9,11,14H,1-3,6-7,10,12,19H2,(H,20,21). The minimum absolute atomic E-state index is 0.0348. The van der Waals surface area contributed by atoms with E-state index in [0.29, 0.717) is 11.1 Å². The highest BCUT2D eigenvalue weighted by Gasteiger charge is 2.20. The van der Waals surface area contributed by atoms with Crippen LogP contribution in [0.3, 0.4) is 0 Å². The van der Waals surface area contributed by atoms with Crippen molar-refractivity contribution in [3.05, 3.63) is 35.1 Å². The van der Waals surface area contributed by atoms with E-state index < -0.39 is 0 Å². The monoisotopic (exact) mass is 288 g/mol. The molecule has 3 nitrogen and oxygen atoms in total. The number of nitrogens with one attached hydrogen (secondary N) is 1. The van der Waals surface area contributed by atoms with Crippen LogP contribution in [0.5, 0.6) is 0 Å². The fourth-order valence-electron chi connectivity index (χ4n) is 2.63. The molecule has 2 rings (SSSR count). The van der Waals surface area contributed by atoms with Gasteiger partial charge < -0.3 is 11.1 Å². The number of hydrogen-bond donors (Lipinski definition) is 2. The van der Waals surface area contributed by atoms with Gasteiger partial charge in [0.25, 0.3) is 0 Å². The number of benzene rings is 1. The van der Waals surface area contributed by atoms with E-state index in [1.807, 2.05) is 0 Å². The molecule has 0 unspecified atom stereocenters. The van der Waals surface area contributed by atoms with Gasteiger partial charge in [0.2, 0.25) is 5.91 Å². The number of hydrogen-bond acceptors (Lipinski definition) is 2. The summed E-state index contributed by atoms with van der Waals surface area (Å²) in [5.74, 6) is 5.40. The third kappa shape index (κ3) is 4.57. The maximum absolute atomic E-state index is 13.8. The van der Waals surface area contributed by atoms with Crippen molar-refractivity contribution in [1.82, 2.24) is 5.32 Å². The Morgan fingerprint density at radius 2 is 2.10 bits per heavy atom. The van der Waals surface area contributed by atoms with Crippen molar-refractivity contribution >= 4 is 5.91 Å². The summed E-state index contributed by atoms with van der Waals surface area (Å²) >= 11 is 0. The maximum Gasteiger partial charge on any atom is 0.223 e. The molecule has 112 valence electrons. The molecular formula is C17H21FN2O. The first-order valence-corrected chi connectivity index (χ1v) is 7.46. The van der Waals surface area contributed by atoms with Crippen molar-refractivity contribution in [2.75, 3.05) is 6.54 Å². The Hall–Kier alpha value is -1.86. The van der Waals surface area contributed by atoms with E-state index in [-0.39, 0.29) is 30.7 Å². The number of carbonyl (C=O) groups excluding carboxylic acids is 1. The van der Waals surface area contributed by atoms with Gasteiger partial charge in [-0.3, -0.25) is 4.79 Å². The fourth-order valence-corrected chi connectivity index (χ4v) is 2.63. The molecule has 0 aromatic heterocycles. The largest absolute Gasteiger partial charge is 0.352 e. The second kappa shape index (κ2) is 7.80. The Labute approximate surface area is 125 Å². The summed E-state index contributed by atoms with van der Waals surface area (Å²) in [6.45, 7) is 0.477. The van der Waals surface area contributed by atoms with E-state index >= 15 is 0 Å². The van der Waals surface area contributed by atoms with E-state index in [0.717, 1.165) is 25.7 Å². The third-order valence-corrected chi connectivity index (χ3v) is 3.81. The zero-order chi connectivity index (χ0) is 15.1. The van der Waals surface area contributed by atoms with Crippen LogP contribution in [0.1, 0.15) is 43.2 Å². The minimum Gasteiger partial charge on any atom is -0.352 e. The SMILES string of the molecule is NCC#Cc1ccc(F)c(CNC(=O)C2CCCCC2)c1. The average molecular weight is 288 g/mol. The van der Waals surface area contributed by atoms with E-state index in [1.165, 1.54) is 12.5 Å². The lowest BCUT2D eigenvalue weighted by atomic mass is 9.88. The summed E-state index contributed by atoms with van der Waals surface area (Å²) in [6.07, 6.45) is 5.31. The van der Waals surface area contributed by atoms with E-state index in [9.17, 15) is 9.18 Å². The molecule has 1 aromatic rings. The molecule has 1 fully saturated rings. The molecule has 0 spiro atoms. The van der Waals surface area contributed by atoms with Gasteiger partial charge >= 0.3 is 0 Å². The molecule has 1 saturated carbocycles. The molecule has 1 amide bonds. The van der Waals surface area contributed by atoms with Crippen molar-refractivity contribution in [2.24, 2.45) is 11.7 Å². The van der Waals surface area contributed by atoms with Crippen LogP contribution in [0.25, 0.3) is 0 Å². The first kappa shape index (κ1) is 15.5. The normalized spacial score (nSPS) is 15.1. The van der Waals surface area contributed by atoms with Crippen molar-refractivity contribution in [2.45, 2.75) is 38.6 Å². The van der Waals surface area contributed by atoms with Crippen LogP contribution in [0.4, 0.5) is 4.39 Å². The zero-order valence-corrected chi connectivity index (χ0v) is 12.1. The van der Waals surface area contributed by atoms with Crippen molar-refractivity contribution in [3.8, 4) is 11.8 Å². The van der Waals surface area contributed by atoms with Crippen molar-refractivity contribution in [1.29, 1.82) is 0 Å². The molecule has 3 N–H and O–H groups in total. The molecule has 0 heterocycles. The Morgan fingerprint density at radius 3 is 2.81 bits per heavy atom. The van der Waals surface area contributed by atoms with Gasteiger partial charge in [-0.1, -0.05) is 31.1 Å². The van der Waals surface area contributed by atoms with Crippen LogP contribution >= 0.6 is 0 Å². The molecule has 1 aliphatic rings. The van der Waals surface area contributed by atoms with Crippen LogP contribution < -0.4 is 11.1 Å². The number of amides is 1. The lowest BCUT2D eigenvalue weighted by Gasteiger charge is -2.20. The minimum atomic E-state index is -0.322. The number of nitrogens with two attached hydrogens (primary N) is 1. The number of carbonyl (C=O) groups is 1. The second-order valence-electron chi connectivity index (χ2n) is 5.36. The van der Waals surface area contributed by atoms with Crippen LogP contribution in [-0.2, 0) is 11.3 Å². The quantitative estimate of drug-likeness (QED) is 0.839. The Morgan fingerprint density at radius 1 is 1.33 bits per heavy atom. The van der Waals surface area contributed by atoms with Gasteiger partial charge in [0.1, 0.15) is 5.82 Å². The van der Waals surface area contributed by atoms with Crippen LogP contribution in [0.2, 0.25) is 0 Å². The van der Waals surface area contributed by atoms with Gasteiger partial charge in [-0.05, 0) is 31.0 Å². The highest BCUT2D eigenvalue weighted by molar-refractivity contribution is 5.78. The predicted molar refractivity (Wildman–Crippen MR) is 80.8 cm³/mol. The van der Waals surface area contributed by atoms with E-state index in [4.69, 9.17) is 5.73 Å². The predicted octanol–water partition coefficient (Wildman–Crippen LogP) is 2.33. The smallest absolute Gasteiger partial charge is 0.223 e. The third-order valence-electron chi connectivity index (χ3n) is 3.81. The Balaban J connectivity index is 1.96. The molecule has 21 heavy (non-hydrogen) atoms. The molecule has 0 atom stereocenters. The highest BCUT2D eigenvalue weighted by atomic mass is 19.1. The van der Waals surface area contributed by atoms with Gasteiger partial charge in [-0.2, -0.15) is 0 Å². The summed E-state index contributed by atoms with van der Waals surface area (Å²) in [6, 6.07) is 4.66. The van der Waals surface area contributed by atoms with Crippen LogP contribution in [-0.4, -0.2) is 12.5 Å². The summed E-state index contributed by atoms with van der Waals surface area (Å²) < 4.78 is 13.8. The van der Waals surface area contributed by atoms with Gasteiger partial charge in [0.05, 0.1) is 6.54 Å². The first-order chi connectivity index (χ1) is 10.2. The van der Waals surface area contributed by atoms with E-state index in [2.05, 4.69) is 17.2 Å². The Kier molecular flexibility index (Phi) is 5.77. The maximum atomic E-state index is 13.8. The Bertz CT molecular complexity index is 554. The molecule has 0 bridgehead atoms. The summed E-state index contributed by atoms with van der Waals surface area (Å²) in [7, 11) is 0. The second-order valence-corrected chi connectivity index (χ2v) is 5.36. The topological polar surface area (TPSA) is 55.1 Å². The van der Waals surface area contributed by atoms with Crippen molar-refractivity contribution < 1.29 is 9.18 Å². The first-order valence-electron chi connectivity index (χ1n) is 7.46. The summed E-state index contributed by atoms with van der Waals surface area (Å²) in [5.41, 5.74) is 6.49. The lowest BCUT2D eigenvalue weighted by Crippen LogP contribution is -2.31. The zero-order valence-electron chi connectivity index (χ0n) is 12.1. The van der Waals surface area contributed by atoms with Crippen molar-refractivity contribution in [3.63, 3.8) is 0 Å². The highest BCUT2D eigenvalue weighted by Crippen LogP contribution is 2.23.